The van der Waals surface area contributed by atoms with Crippen LogP contribution in [0.25, 0.3) is 10.2 Å². The van der Waals surface area contributed by atoms with E-state index in [9.17, 15) is 14.4 Å². The van der Waals surface area contributed by atoms with Gasteiger partial charge in [-0.2, -0.15) is 0 Å². The van der Waals surface area contributed by atoms with Crippen molar-refractivity contribution < 1.29 is 14.4 Å². The van der Waals surface area contributed by atoms with Crippen molar-refractivity contribution in [2.45, 2.75) is 64.5 Å². The Hall–Kier alpha value is -3.56. The minimum absolute atomic E-state index is 0.116. The molecule has 41 heavy (non-hydrogen) atoms. The molecule has 3 amide bonds. The molecule has 2 atom stereocenters. The number of nitrogens with zero attached hydrogens (tertiary/aromatic N) is 2. The predicted molar refractivity (Wildman–Crippen MR) is 165 cm³/mol. The van der Waals surface area contributed by atoms with Gasteiger partial charge in [0.2, 0.25) is 17.7 Å². The summed E-state index contributed by atoms with van der Waals surface area (Å²) in [6, 6.07) is 15.0. The van der Waals surface area contributed by atoms with Crippen molar-refractivity contribution in [3.05, 3.63) is 76.3 Å². The molecular weight excluding hydrogens is 534 g/mol. The number of likely N-dealkylation sites (N-methyl/N-ethyl adjacent to an activating group) is 1. The highest BCUT2D eigenvalue weighted by Crippen LogP contribution is 2.27. The van der Waals surface area contributed by atoms with Gasteiger partial charge in [-0.1, -0.05) is 63.2 Å². The van der Waals surface area contributed by atoms with E-state index in [0.29, 0.717) is 18.9 Å². The second-order valence-corrected chi connectivity index (χ2v) is 12.1. The summed E-state index contributed by atoms with van der Waals surface area (Å²) in [6.45, 7) is 7.88. The molecule has 3 aromatic rings. The standard InChI is InChI=1S/C32H41N5O3S/c1-5-29(38)35-27(18-30-36-26-14-13-23(21(2)3)17-28(26)41-30)32(40)34-25(16-22-10-7-6-8-11-22)19-33-31(39)24-12-9-15-37(4)20-24/h6-8,10-14,17,21,25,27H,5,9,15-16,18-20H2,1-4H3,(H,33,39)(H,34,40)(H,35,38). The molecule has 9 heteroatoms. The van der Waals surface area contributed by atoms with Crippen LogP contribution in [-0.4, -0.2) is 66.4 Å². The predicted octanol–water partition coefficient (Wildman–Crippen LogP) is 3.96. The quantitative estimate of drug-likeness (QED) is 0.303. The number of amides is 3. The van der Waals surface area contributed by atoms with Crippen LogP contribution in [0, 0.1) is 0 Å². The Kier molecular flexibility index (Phi) is 10.7. The molecule has 0 saturated carbocycles. The molecule has 2 heterocycles. The maximum absolute atomic E-state index is 13.7. The Morgan fingerprint density at radius 3 is 2.54 bits per heavy atom. The molecule has 8 nitrogen and oxygen atoms in total. The topological polar surface area (TPSA) is 103 Å². The lowest BCUT2D eigenvalue weighted by Crippen LogP contribution is -2.53. The number of thiazole rings is 1. The summed E-state index contributed by atoms with van der Waals surface area (Å²) in [5.74, 6) is -0.199. The Labute approximate surface area is 246 Å². The third kappa shape index (κ3) is 8.71. The minimum Gasteiger partial charge on any atom is -0.350 e. The first-order chi connectivity index (χ1) is 19.7. The third-order valence-electron chi connectivity index (χ3n) is 7.29. The van der Waals surface area contributed by atoms with E-state index < -0.39 is 6.04 Å². The Morgan fingerprint density at radius 2 is 1.83 bits per heavy atom. The Balaban J connectivity index is 1.50. The molecule has 1 aliphatic rings. The van der Waals surface area contributed by atoms with Crippen LogP contribution in [0.5, 0.6) is 0 Å². The third-order valence-corrected chi connectivity index (χ3v) is 8.33. The van der Waals surface area contributed by atoms with Crippen molar-refractivity contribution in [2.24, 2.45) is 0 Å². The van der Waals surface area contributed by atoms with Gasteiger partial charge in [0.25, 0.3) is 0 Å². The first-order valence-electron chi connectivity index (χ1n) is 14.4. The highest BCUT2D eigenvalue weighted by Gasteiger charge is 2.26. The summed E-state index contributed by atoms with van der Waals surface area (Å²) in [7, 11) is 2.00. The molecule has 1 aromatic heterocycles. The van der Waals surface area contributed by atoms with Crippen molar-refractivity contribution >= 4 is 39.3 Å². The van der Waals surface area contributed by atoms with Gasteiger partial charge in [-0.05, 0) is 49.1 Å². The van der Waals surface area contributed by atoms with E-state index >= 15 is 0 Å². The Morgan fingerprint density at radius 1 is 1.05 bits per heavy atom. The minimum atomic E-state index is -0.781. The van der Waals surface area contributed by atoms with Crippen LogP contribution >= 0.6 is 11.3 Å². The molecular formula is C32H41N5O3S. The first-order valence-corrected chi connectivity index (χ1v) is 15.2. The number of benzene rings is 2. The number of hydrogen-bond acceptors (Lipinski definition) is 6. The van der Waals surface area contributed by atoms with E-state index in [1.54, 1.807) is 18.3 Å². The van der Waals surface area contributed by atoms with Gasteiger partial charge in [0.1, 0.15) is 6.04 Å². The van der Waals surface area contributed by atoms with Gasteiger partial charge in [0.05, 0.1) is 21.3 Å². The molecule has 218 valence electrons. The molecule has 0 aliphatic carbocycles. The van der Waals surface area contributed by atoms with Crippen molar-refractivity contribution in [2.75, 3.05) is 26.7 Å². The van der Waals surface area contributed by atoms with Crippen LogP contribution in [0.4, 0.5) is 0 Å². The number of nitrogens with one attached hydrogen (secondary N) is 3. The average Bonchev–Trinajstić information content (AvgIpc) is 3.37. The van der Waals surface area contributed by atoms with Gasteiger partial charge in [0.15, 0.2) is 0 Å². The number of carbonyl (C=O) groups excluding carboxylic acids is 3. The van der Waals surface area contributed by atoms with Crippen molar-refractivity contribution in [1.82, 2.24) is 25.8 Å². The van der Waals surface area contributed by atoms with Gasteiger partial charge in [-0.25, -0.2) is 4.98 Å². The highest BCUT2D eigenvalue weighted by molar-refractivity contribution is 7.18. The molecule has 4 rings (SSSR count). The number of fused-ring (bicyclic) bond motifs is 1. The molecule has 2 unspecified atom stereocenters. The van der Waals surface area contributed by atoms with Crippen LogP contribution < -0.4 is 16.0 Å². The van der Waals surface area contributed by atoms with Crippen LogP contribution in [0.1, 0.15) is 55.7 Å². The first kappa shape index (κ1) is 30.4. The number of aromatic nitrogens is 1. The summed E-state index contributed by atoms with van der Waals surface area (Å²) in [6.07, 6.45) is 3.93. The maximum Gasteiger partial charge on any atom is 0.248 e. The number of rotatable bonds is 12. The van der Waals surface area contributed by atoms with E-state index in [4.69, 9.17) is 4.98 Å². The summed E-state index contributed by atoms with van der Waals surface area (Å²) in [4.78, 5) is 45.9. The van der Waals surface area contributed by atoms with Gasteiger partial charge in [-0.3, -0.25) is 14.4 Å². The average molecular weight is 576 g/mol. The number of hydrogen-bond donors (Lipinski definition) is 3. The van der Waals surface area contributed by atoms with E-state index in [1.807, 2.05) is 49.5 Å². The molecule has 0 fully saturated rings. The largest absolute Gasteiger partial charge is 0.350 e. The van der Waals surface area contributed by atoms with Gasteiger partial charge in [0, 0.05) is 38.0 Å². The van der Waals surface area contributed by atoms with E-state index in [2.05, 4.69) is 46.8 Å². The zero-order valence-electron chi connectivity index (χ0n) is 24.4. The summed E-state index contributed by atoms with van der Waals surface area (Å²) >= 11 is 1.55. The van der Waals surface area contributed by atoms with Gasteiger partial charge < -0.3 is 20.9 Å². The molecule has 0 spiro atoms. The van der Waals surface area contributed by atoms with Crippen molar-refractivity contribution in [1.29, 1.82) is 0 Å². The van der Waals surface area contributed by atoms with Gasteiger partial charge in [-0.15, -0.1) is 11.3 Å². The smallest absolute Gasteiger partial charge is 0.248 e. The lowest BCUT2D eigenvalue weighted by atomic mass is 10.0. The van der Waals surface area contributed by atoms with E-state index in [0.717, 1.165) is 39.3 Å². The van der Waals surface area contributed by atoms with Crippen molar-refractivity contribution in [3.8, 4) is 0 Å². The SMILES string of the molecule is CCC(=O)NC(Cc1nc2ccc(C(C)C)cc2s1)C(=O)NC(CNC(=O)C1=CCCN(C)C1)Cc1ccccc1. The van der Waals surface area contributed by atoms with E-state index in [1.165, 1.54) is 5.56 Å². The Bertz CT molecular complexity index is 1380. The molecule has 0 bridgehead atoms. The zero-order valence-corrected chi connectivity index (χ0v) is 25.2. The molecule has 1 aliphatic heterocycles. The number of carbonyl (C=O) groups is 3. The second-order valence-electron chi connectivity index (χ2n) is 11.0. The summed E-state index contributed by atoms with van der Waals surface area (Å²) in [5.41, 5.74) is 3.92. The molecule has 2 aromatic carbocycles. The van der Waals surface area contributed by atoms with Crippen LogP contribution in [0.2, 0.25) is 0 Å². The maximum atomic E-state index is 13.7. The highest BCUT2D eigenvalue weighted by atomic mass is 32.1. The fourth-order valence-corrected chi connectivity index (χ4v) is 5.94. The lowest BCUT2D eigenvalue weighted by Gasteiger charge is -2.25. The lowest BCUT2D eigenvalue weighted by molar-refractivity contribution is -0.129. The molecule has 0 saturated heterocycles. The molecule has 0 radical (unpaired) electrons. The van der Waals surface area contributed by atoms with Crippen LogP contribution in [-0.2, 0) is 27.2 Å². The van der Waals surface area contributed by atoms with Crippen LogP contribution in [0.15, 0.2) is 60.2 Å². The van der Waals surface area contributed by atoms with Crippen LogP contribution in [0.3, 0.4) is 0 Å². The zero-order chi connectivity index (χ0) is 29.4. The fourth-order valence-electron chi connectivity index (χ4n) is 4.88. The van der Waals surface area contributed by atoms with Gasteiger partial charge >= 0.3 is 0 Å². The fraction of sp³-hybridized carbons (Fsp3) is 0.438. The molecule has 3 N–H and O–H groups in total. The summed E-state index contributed by atoms with van der Waals surface area (Å²) in [5, 5.41) is 9.83. The second kappa shape index (κ2) is 14.4. The summed E-state index contributed by atoms with van der Waals surface area (Å²) < 4.78 is 1.07. The van der Waals surface area contributed by atoms with E-state index in [-0.39, 0.29) is 43.1 Å². The normalized spacial score (nSPS) is 15.3. The van der Waals surface area contributed by atoms with Crippen molar-refractivity contribution in [3.63, 3.8) is 0 Å². The monoisotopic (exact) mass is 575 g/mol.